The summed E-state index contributed by atoms with van der Waals surface area (Å²) in [6.07, 6.45) is 1.22. The fraction of sp³-hybridized carbons (Fsp3) is 0.500. The molecule has 1 saturated heterocycles. The van der Waals surface area contributed by atoms with E-state index < -0.39 is 0 Å². The molecule has 138 valence electrons. The lowest BCUT2D eigenvalue weighted by Crippen LogP contribution is -2.46. The third-order valence-electron chi connectivity index (χ3n) is 6.03. The summed E-state index contributed by atoms with van der Waals surface area (Å²) < 4.78 is 2.01. The van der Waals surface area contributed by atoms with Gasteiger partial charge in [0, 0.05) is 62.6 Å². The highest BCUT2D eigenvalue weighted by molar-refractivity contribution is 5.47. The van der Waals surface area contributed by atoms with Crippen molar-refractivity contribution in [2.75, 3.05) is 31.1 Å². The molecule has 0 amide bonds. The van der Waals surface area contributed by atoms with Gasteiger partial charge < -0.3 is 9.47 Å². The Hall–Kier alpha value is -2.07. The number of rotatable bonds is 5. The van der Waals surface area contributed by atoms with Gasteiger partial charge in [-0.2, -0.15) is 0 Å². The zero-order chi connectivity index (χ0) is 18.1. The molecule has 2 bridgehead atoms. The molecule has 2 atom stereocenters. The second-order valence-corrected chi connectivity index (χ2v) is 7.73. The molecular formula is C22H29N3O. The molecular weight excluding hydrogens is 322 g/mol. The Morgan fingerprint density at radius 1 is 1.00 bits per heavy atom. The first kappa shape index (κ1) is 17.3. The third kappa shape index (κ3) is 3.30. The molecule has 1 aromatic carbocycles. The van der Waals surface area contributed by atoms with Crippen LogP contribution in [0.4, 0.5) is 5.69 Å². The van der Waals surface area contributed by atoms with Gasteiger partial charge in [0.15, 0.2) is 0 Å². The van der Waals surface area contributed by atoms with Gasteiger partial charge in [0.2, 0.25) is 0 Å². The van der Waals surface area contributed by atoms with Crippen molar-refractivity contribution in [1.29, 1.82) is 0 Å². The van der Waals surface area contributed by atoms with E-state index in [1.54, 1.807) is 6.07 Å². The highest BCUT2D eigenvalue weighted by Crippen LogP contribution is 2.35. The number of fused-ring (bicyclic) bond motifs is 4. The molecule has 2 unspecified atom stereocenters. The molecule has 2 aromatic rings. The number of piperidine rings is 1. The Bertz CT molecular complexity index is 807. The van der Waals surface area contributed by atoms with Crippen LogP contribution in [-0.4, -0.2) is 35.6 Å². The Morgan fingerprint density at radius 2 is 1.77 bits per heavy atom. The first-order valence-corrected chi connectivity index (χ1v) is 9.94. The van der Waals surface area contributed by atoms with E-state index >= 15 is 0 Å². The van der Waals surface area contributed by atoms with Gasteiger partial charge in [-0.15, -0.1) is 0 Å². The minimum Gasteiger partial charge on any atom is -0.372 e. The van der Waals surface area contributed by atoms with Gasteiger partial charge in [0.05, 0.1) is 0 Å². The van der Waals surface area contributed by atoms with Crippen LogP contribution in [0, 0.1) is 5.92 Å². The van der Waals surface area contributed by atoms with Crippen LogP contribution in [0.2, 0.25) is 0 Å². The van der Waals surface area contributed by atoms with Crippen LogP contribution >= 0.6 is 0 Å². The van der Waals surface area contributed by atoms with Crippen molar-refractivity contribution < 1.29 is 0 Å². The first-order chi connectivity index (χ1) is 12.7. The Labute approximate surface area is 156 Å². The monoisotopic (exact) mass is 351 g/mol. The molecule has 4 rings (SSSR count). The zero-order valence-electron chi connectivity index (χ0n) is 15.9. The molecule has 26 heavy (non-hydrogen) atoms. The molecule has 3 heterocycles. The van der Waals surface area contributed by atoms with Crippen molar-refractivity contribution >= 4 is 5.69 Å². The lowest BCUT2D eigenvalue weighted by Gasteiger charge is -2.42. The van der Waals surface area contributed by atoms with Gasteiger partial charge in [-0.1, -0.05) is 18.2 Å². The van der Waals surface area contributed by atoms with Gasteiger partial charge in [0.1, 0.15) is 0 Å². The van der Waals surface area contributed by atoms with E-state index in [2.05, 4.69) is 54.0 Å². The number of anilines is 1. The van der Waals surface area contributed by atoms with Crippen LogP contribution in [-0.2, 0) is 13.1 Å². The second-order valence-electron chi connectivity index (χ2n) is 7.73. The van der Waals surface area contributed by atoms with Crippen LogP contribution in [0.25, 0.3) is 0 Å². The summed E-state index contributed by atoms with van der Waals surface area (Å²) >= 11 is 0. The molecule has 2 aliphatic heterocycles. The number of hydrogen-bond donors (Lipinski definition) is 0. The normalized spacial score (nSPS) is 22.1. The van der Waals surface area contributed by atoms with E-state index in [1.165, 1.54) is 23.4 Å². The molecule has 1 aromatic heterocycles. The van der Waals surface area contributed by atoms with Crippen LogP contribution in [0.1, 0.15) is 37.4 Å². The number of benzene rings is 1. The Kier molecular flexibility index (Phi) is 4.86. The molecule has 1 fully saturated rings. The van der Waals surface area contributed by atoms with E-state index in [9.17, 15) is 4.79 Å². The Morgan fingerprint density at radius 3 is 2.50 bits per heavy atom. The van der Waals surface area contributed by atoms with Crippen molar-refractivity contribution in [3.05, 3.63) is 64.1 Å². The second kappa shape index (κ2) is 7.28. The van der Waals surface area contributed by atoms with Crippen LogP contribution in [0.15, 0.2) is 47.3 Å². The Balaban J connectivity index is 1.47. The SMILES string of the molecule is CCN(CC)c1ccc(CN2CC3CC(C2)c2cccc(=O)n2C3)cc1. The number of pyridine rings is 1. The molecule has 4 heteroatoms. The zero-order valence-corrected chi connectivity index (χ0v) is 15.9. The molecule has 0 spiro atoms. The van der Waals surface area contributed by atoms with E-state index in [1.807, 2.05) is 10.6 Å². The summed E-state index contributed by atoms with van der Waals surface area (Å²) in [5.74, 6) is 1.09. The average molecular weight is 351 g/mol. The highest BCUT2D eigenvalue weighted by atomic mass is 16.1. The van der Waals surface area contributed by atoms with Crippen molar-refractivity contribution in [1.82, 2.24) is 9.47 Å². The molecule has 2 aliphatic rings. The summed E-state index contributed by atoms with van der Waals surface area (Å²) in [4.78, 5) is 17.1. The number of likely N-dealkylation sites (tertiary alicyclic amines) is 1. The smallest absolute Gasteiger partial charge is 0.250 e. The standard InChI is InChI=1S/C22H29N3O/c1-3-24(4-2)20-10-8-17(9-11-20)13-23-14-18-12-19(16-23)21-6-5-7-22(26)25(21)15-18/h5-11,18-19H,3-4,12-16H2,1-2H3. The quantitative estimate of drug-likeness (QED) is 0.827. The largest absolute Gasteiger partial charge is 0.372 e. The summed E-state index contributed by atoms with van der Waals surface area (Å²) in [5, 5.41) is 0. The van der Waals surface area contributed by atoms with Crippen LogP contribution in [0.5, 0.6) is 0 Å². The topological polar surface area (TPSA) is 28.5 Å². The number of aromatic nitrogens is 1. The van der Waals surface area contributed by atoms with Crippen LogP contribution in [0.3, 0.4) is 0 Å². The van der Waals surface area contributed by atoms with Crippen molar-refractivity contribution in [2.45, 2.75) is 39.3 Å². The van der Waals surface area contributed by atoms with Crippen LogP contribution < -0.4 is 10.5 Å². The molecule has 0 radical (unpaired) electrons. The summed E-state index contributed by atoms with van der Waals surface area (Å²) in [7, 11) is 0. The first-order valence-electron chi connectivity index (χ1n) is 9.94. The highest BCUT2D eigenvalue weighted by Gasteiger charge is 2.34. The predicted molar refractivity (Wildman–Crippen MR) is 107 cm³/mol. The lowest BCUT2D eigenvalue weighted by molar-refractivity contribution is 0.114. The molecule has 4 nitrogen and oxygen atoms in total. The summed E-state index contributed by atoms with van der Waals surface area (Å²) in [6, 6.07) is 14.8. The summed E-state index contributed by atoms with van der Waals surface area (Å²) in [6.45, 7) is 10.5. The number of nitrogens with zero attached hydrogens (tertiary/aromatic N) is 3. The van der Waals surface area contributed by atoms with Gasteiger partial charge in [-0.05, 0) is 49.9 Å². The van der Waals surface area contributed by atoms with E-state index in [4.69, 9.17) is 0 Å². The van der Waals surface area contributed by atoms with E-state index in [0.717, 1.165) is 39.3 Å². The van der Waals surface area contributed by atoms with Gasteiger partial charge in [-0.3, -0.25) is 9.69 Å². The maximum absolute atomic E-state index is 12.1. The number of hydrogen-bond acceptors (Lipinski definition) is 3. The average Bonchev–Trinajstić information content (AvgIpc) is 2.65. The van der Waals surface area contributed by atoms with Gasteiger partial charge in [-0.25, -0.2) is 0 Å². The van der Waals surface area contributed by atoms with Gasteiger partial charge in [0.25, 0.3) is 5.56 Å². The molecule has 0 N–H and O–H groups in total. The fourth-order valence-electron chi connectivity index (χ4n) is 4.78. The maximum atomic E-state index is 12.1. The van der Waals surface area contributed by atoms with E-state index in [0.29, 0.717) is 11.8 Å². The van der Waals surface area contributed by atoms with E-state index in [-0.39, 0.29) is 5.56 Å². The minimum absolute atomic E-state index is 0.164. The third-order valence-corrected chi connectivity index (χ3v) is 6.03. The van der Waals surface area contributed by atoms with Crippen molar-refractivity contribution in [2.24, 2.45) is 5.92 Å². The molecule has 0 saturated carbocycles. The molecule has 0 aliphatic carbocycles. The van der Waals surface area contributed by atoms with Crippen molar-refractivity contribution in [3.8, 4) is 0 Å². The maximum Gasteiger partial charge on any atom is 0.250 e. The summed E-state index contributed by atoms with van der Waals surface area (Å²) in [5.41, 5.74) is 4.09. The van der Waals surface area contributed by atoms with Crippen molar-refractivity contribution in [3.63, 3.8) is 0 Å². The fourth-order valence-corrected chi connectivity index (χ4v) is 4.78. The minimum atomic E-state index is 0.164. The van der Waals surface area contributed by atoms with Gasteiger partial charge >= 0.3 is 0 Å². The lowest BCUT2D eigenvalue weighted by atomic mass is 9.83. The predicted octanol–water partition coefficient (Wildman–Crippen LogP) is 3.31.